The molecule has 0 aromatic carbocycles. The van der Waals surface area contributed by atoms with Gasteiger partial charge in [-0.3, -0.25) is 14.4 Å². The van der Waals surface area contributed by atoms with Crippen molar-refractivity contribution in [2.75, 3.05) is 6.61 Å². The van der Waals surface area contributed by atoms with Crippen molar-refractivity contribution in [2.24, 2.45) is 11.3 Å². The first-order valence-corrected chi connectivity index (χ1v) is 5.72. The van der Waals surface area contributed by atoms with E-state index in [9.17, 15) is 14.4 Å². The van der Waals surface area contributed by atoms with Crippen molar-refractivity contribution in [3.63, 3.8) is 0 Å². The summed E-state index contributed by atoms with van der Waals surface area (Å²) in [4.78, 5) is 33.9. The van der Waals surface area contributed by atoms with Crippen molar-refractivity contribution in [1.82, 2.24) is 0 Å². The summed E-state index contributed by atoms with van der Waals surface area (Å²) in [5.74, 6) is -1.62. The van der Waals surface area contributed by atoms with E-state index >= 15 is 0 Å². The SMILES string of the molecule is CC(C)(C)C(=O)OC(=O)CCC1CCOC1=O. The molecule has 0 N–H and O–H groups in total. The number of esters is 3. The molecule has 0 spiro atoms. The van der Waals surface area contributed by atoms with Gasteiger partial charge < -0.3 is 9.47 Å². The largest absolute Gasteiger partial charge is 0.465 e. The van der Waals surface area contributed by atoms with Crippen LogP contribution in [-0.2, 0) is 23.9 Å². The van der Waals surface area contributed by atoms with Gasteiger partial charge in [0.2, 0.25) is 0 Å². The van der Waals surface area contributed by atoms with Gasteiger partial charge in [-0.2, -0.15) is 0 Å². The Labute approximate surface area is 100 Å². The van der Waals surface area contributed by atoms with Gasteiger partial charge in [0.25, 0.3) is 0 Å². The highest BCUT2D eigenvalue weighted by Crippen LogP contribution is 2.21. The van der Waals surface area contributed by atoms with Crippen LogP contribution in [0.15, 0.2) is 0 Å². The highest BCUT2D eigenvalue weighted by atomic mass is 16.6. The first kappa shape index (κ1) is 13.7. The molecule has 0 aliphatic carbocycles. The van der Waals surface area contributed by atoms with Gasteiger partial charge in [-0.15, -0.1) is 0 Å². The summed E-state index contributed by atoms with van der Waals surface area (Å²) >= 11 is 0. The third-order valence-corrected chi connectivity index (χ3v) is 2.56. The van der Waals surface area contributed by atoms with Gasteiger partial charge in [0.15, 0.2) is 0 Å². The zero-order valence-electron chi connectivity index (χ0n) is 10.4. The topological polar surface area (TPSA) is 69.7 Å². The van der Waals surface area contributed by atoms with Gasteiger partial charge in [-0.05, 0) is 33.6 Å². The summed E-state index contributed by atoms with van der Waals surface area (Å²) in [6.07, 6.45) is 1.09. The molecule has 0 aromatic heterocycles. The lowest BCUT2D eigenvalue weighted by molar-refractivity contribution is -0.165. The molecule has 1 unspecified atom stereocenters. The molecule has 1 fully saturated rings. The van der Waals surface area contributed by atoms with Crippen LogP contribution < -0.4 is 0 Å². The van der Waals surface area contributed by atoms with E-state index in [4.69, 9.17) is 4.74 Å². The predicted molar refractivity (Wildman–Crippen MR) is 58.9 cm³/mol. The van der Waals surface area contributed by atoms with E-state index in [1.165, 1.54) is 0 Å². The average Bonchev–Trinajstić information content (AvgIpc) is 2.59. The van der Waals surface area contributed by atoms with Crippen molar-refractivity contribution in [3.8, 4) is 0 Å². The van der Waals surface area contributed by atoms with Crippen LogP contribution in [0.1, 0.15) is 40.0 Å². The summed E-state index contributed by atoms with van der Waals surface area (Å²) in [6, 6.07) is 0. The molecule has 0 amide bonds. The Hall–Kier alpha value is -1.39. The van der Waals surface area contributed by atoms with E-state index in [-0.39, 0.29) is 18.3 Å². The van der Waals surface area contributed by atoms with Crippen LogP contribution in [0.4, 0.5) is 0 Å². The van der Waals surface area contributed by atoms with E-state index < -0.39 is 17.4 Å². The molecule has 5 heteroatoms. The van der Waals surface area contributed by atoms with E-state index in [0.717, 1.165) is 0 Å². The minimum absolute atomic E-state index is 0.0710. The Kier molecular flexibility index (Phi) is 4.26. The smallest absolute Gasteiger partial charge is 0.318 e. The maximum Gasteiger partial charge on any atom is 0.318 e. The molecule has 1 atom stereocenters. The van der Waals surface area contributed by atoms with Crippen LogP contribution in [-0.4, -0.2) is 24.5 Å². The first-order chi connectivity index (χ1) is 7.80. The minimum atomic E-state index is -0.693. The number of hydrogen-bond donors (Lipinski definition) is 0. The molecule has 1 heterocycles. The van der Waals surface area contributed by atoms with Crippen LogP contribution in [0, 0.1) is 11.3 Å². The van der Waals surface area contributed by atoms with Crippen molar-refractivity contribution in [3.05, 3.63) is 0 Å². The van der Waals surface area contributed by atoms with Gasteiger partial charge in [0.05, 0.1) is 17.9 Å². The molecule has 96 valence electrons. The van der Waals surface area contributed by atoms with Crippen molar-refractivity contribution >= 4 is 17.9 Å². The Morgan fingerprint density at radius 1 is 1.41 bits per heavy atom. The molecule has 1 aliphatic heterocycles. The van der Waals surface area contributed by atoms with Crippen molar-refractivity contribution in [1.29, 1.82) is 0 Å². The molecule has 0 bridgehead atoms. The molecule has 0 aromatic rings. The summed E-state index contributed by atoms with van der Waals surface area (Å²) in [7, 11) is 0. The van der Waals surface area contributed by atoms with Gasteiger partial charge >= 0.3 is 17.9 Å². The number of rotatable bonds is 3. The molecule has 1 saturated heterocycles. The van der Waals surface area contributed by atoms with Crippen LogP contribution >= 0.6 is 0 Å². The van der Waals surface area contributed by atoms with Crippen LogP contribution in [0.3, 0.4) is 0 Å². The second-order valence-corrected chi connectivity index (χ2v) is 5.20. The lowest BCUT2D eigenvalue weighted by Gasteiger charge is -2.15. The normalized spacial score (nSPS) is 19.9. The highest BCUT2D eigenvalue weighted by Gasteiger charge is 2.29. The molecule has 0 saturated carbocycles. The first-order valence-electron chi connectivity index (χ1n) is 5.72. The third kappa shape index (κ3) is 4.17. The number of carbonyl (C=O) groups is 3. The van der Waals surface area contributed by atoms with Crippen LogP contribution in [0.2, 0.25) is 0 Å². The molecule has 0 radical (unpaired) electrons. The fourth-order valence-corrected chi connectivity index (χ4v) is 1.40. The highest BCUT2D eigenvalue weighted by molar-refractivity contribution is 5.88. The van der Waals surface area contributed by atoms with Crippen molar-refractivity contribution < 1.29 is 23.9 Å². The second-order valence-electron chi connectivity index (χ2n) is 5.20. The number of carbonyl (C=O) groups excluding carboxylic acids is 3. The molecule has 5 nitrogen and oxygen atoms in total. The van der Waals surface area contributed by atoms with E-state index in [2.05, 4.69) is 4.74 Å². The fraction of sp³-hybridized carbons (Fsp3) is 0.750. The predicted octanol–water partition coefficient (Wildman–Crippen LogP) is 1.45. The quantitative estimate of drug-likeness (QED) is 0.553. The summed E-state index contributed by atoms with van der Waals surface area (Å²) < 4.78 is 9.46. The number of cyclic esters (lactones) is 1. The zero-order valence-corrected chi connectivity index (χ0v) is 10.4. The van der Waals surface area contributed by atoms with E-state index in [1.807, 2.05) is 0 Å². The van der Waals surface area contributed by atoms with Crippen LogP contribution in [0.25, 0.3) is 0 Å². The summed E-state index contributed by atoms with van der Waals surface area (Å²) in [5, 5.41) is 0. The molecule has 1 aliphatic rings. The van der Waals surface area contributed by atoms with Gasteiger partial charge in [-0.25, -0.2) is 0 Å². The van der Waals surface area contributed by atoms with Crippen molar-refractivity contribution in [2.45, 2.75) is 40.0 Å². The molecule has 1 rings (SSSR count). The average molecular weight is 242 g/mol. The molecule has 17 heavy (non-hydrogen) atoms. The Morgan fingerprint density at radius 2 is 2.06 bits per heavy atom. The monoisotopic (exact) mass is 242 g/mol. The van der Waals surface area contributed by atoms with Crippen LogP contribution in [0.5, 0.6) is 0 Å². The lowest BCUT2D eigenvalue weighted by atomic mass is 9.97. The summed E-state index contributed by atoms with van der Waals surface area (Å²) in [5.41, 5.74) is -0.693. The maximum absolute atomic E-state index is 11.4. The lowest BCUT2D eigenvalue weighted by Crippen LogP contribution is -2.26. The maximum atomic E-state index is 11.4. The molecular weight excluding hydrogens is 224 g/mol. The second kappa shape index (κ2) is 5.29. The fourth-order valence-electron chi connectivity index (χ4n) is 1.40. The number of hydrogen-bond acceptors (Lipinski definition) is 5. The van der Waals surface area contributed by atoms with Gasteiger partial charge in [-0.1, -0.05) is 0 Å². The summed E-state index contributed by atoms with van der Waals surface area (Å²) in [6.45, 7) is 5.45. The Balaban J connectivity index is 2.31. The number of ether oxygens (including phenoxy) is 2. The van der Waals surface area contributed by atoms with E-state index in [1.54, 1.807) is 20.8 Å². The standard InChI is InChI=1S/C12H18O5/c1-12(2,3)11(15)17-9(13)5-4-8-6-7-16-10(8)14/h8H,4-7H2,1-3H3. The van der Waals surface area contributed by atoms with Gasteiger partial charge in [0, 0.05) is 6.42 Å². The molecular formula is C12H18O5. The zero-order chi connectivity index (χ0) is 13.1. The minimum Gasteiger partial charge on any atom is -0.465 e. The Morgan fingerprint density at radius 3 is 2.53 bits per heavy atom. The Bertz CT molecular complexity index is 326. The third-order valence-electron chi connectivity index (χ3n) is 2.56. The van der Waals surface area contributed by atoms with Gasteiger partial charge in [0.1, 0.15) is 0 Å². The van der Waals surface area contributed by atoms with E-state index in [0.29, 0.717) is 19.4 Å².